The van der Waals surface area contributed by atoms with Crippen molar-refractivity contribution >= 4 is 5.91 Å². The largest absolute Gasteiger partial charge is 0.492 e. The number of piperidine rings is 1. The minimum Gasteiger partial charge on any atom is -0.492 e. The second-order valence-corrected chi connectivity index (χ2v) is 7.85. The lowest BCUT2D eigenvalue weighted by Gasteiger charge is -2.39. The Hall–Kier alpha value is -2.60. The van der Waals surface area contributed by atoms with Crippen LogP contribution in [0.15, 0.2) is 42.5 Å². The van der Waals surface area contributed by atoms with Gasteiger partial charge in [-0.05, 0) is 43.4 Å². The maximum absolute atomic E-state index is 13.9. The van der Waals surface area contributed by atoms with Crippen LogP contribution in [-0.2, 0) is 6.54 Å². The minimum atomic E-state index is -0.548. The maximum atomic E-state index is 13.9. The van der Waals surface area contributed by atoms with Gasteiger partial charge in [-0.3, -0.25) is 9.69 Å². The Balaban J connectivity index is 1.44. The molecule has 1 N–H and O–H groups in total. The van der Waals surface area contributed by atoms with Gasteiger partial charge in [0.1, 0.15) is 0 Å². The fraction of sp³-hybridized carbons (Fsp3) is 0.435. The zero-order chi connectivity index (χ0) is 20.4. The number of carbonyl (C=O) groups excluding carboxylic acids is 1. The fourth-order valence-corrected chi connectivity index (χ4v) is 4.82. The van der Waals surface area contributed by atoms with Crippen LogP contribution in [0.2, 0.25) is 0 Å². The highest BCUT2D eigenvalue weighted by atomic mass is 18.2. The molecule has 2 unspecified atom stereocenters. The number of benzene rings is 2. The summed E-state index contributed by atoms with van der Waals surface area (Å²) in [5, 5.41) is 3.14. The maximum Gasteiger partial charge on any atom is 0.255 e. The summed E-state index contributed by atoms with van der Waals surface area (Å²) in [6.07, 6.45) is 4.18. The number of rotatable bonds is 6. The first-order chi connectivity index (χ1) is 14.1. The molecule has 2 bridgehead atoms. The molecule has 2 fully saturated rings. The Labute approximate surface area is 170 Å². The average Bonchev–Trinajstić information content (AvgIpc) is 2.96. The summed E-state index contributed by atoms with van der Waals surface area (Å²) in [5.74, 6) is -0.707. The zero-order valence-electron chi connectivity index (χ0n) is 16.9. The molecule has 0 saturated carbocycles. The van der Waals surface area contributed by atoms with E-state index < -0.39 is 5.82 Å². The summed E-state index contributed by atoms with van der Waals surface area (Å²) in [7, 11) is 2.78. The highest BCUT2D eigenvalue weighted by Crippen LogP contribution is 2.38. The molecule has 2 aromatic rings. The molecule has 0 spiro atoms. The van der Waals surface area contributed by atoms with Crippen LogP contribution in [0, 0.1) is 5.82 Å². The van der Waals surface area contributed by atoms with Crippen LogP contribution in [0.1, 0.15) is 41.6 Å². The molecule has 0 radical (unpaired) electrons. The summed E-state index contributed by atoms with van der Waals surface area (Å²) < 4.78 is 24.3. The summed E-state index contributed by atoms with van der Waals surface area (Å²) in [5.41, 5.74) is 1.62. The lowest BCUT2D eigenvalue weighted by molar-refractivity contribution is 0.0824. The molecule has 29 heavy (non-hydrogen) atoms. The van der Waals surface area contributed by atoms with Crippen molar-refractivity contribution in [2.75, 3.05) is 14.2 Å². The Morgan fingerprint density at radius 2 is 1.69 bits per heavy atom. The standard InChI is InChI=1S/C23H27FN2O3/c1-28-21-19(10-11-20(24)22(21)29-2)23(27)25-16-12-17-8-9-18(13-16)26(17)14-15-6-4-3-5-7-15/h3-7,10-11,16-18H,8-9,12-14H2,1-2H3,(H,25,27)/i24-1. The van der Waals surface area contributed by atoms with Gasteiger partial charge in [0.15, 0.2) is 17.3 Å². The molecule has 154 valence electrons. The number of methoxy groups -OCH3 is 2. The molecule has 2 heterocycles. The van der Waals surface area contributed by atoms with E-state index in [1.54, 1.807) is 0 Å². The molecule has 4 rings (SSSR count). The highest BCUT2D eigenvalue weighted by molar-refractivity contribution is 5.98. The van der Waals surface area contributed by atoms with Crippen LogP contribution in [0.5, 0.6) is 11.5 Å². The first kappa shape index (κ1) is 19.7. The topological polar surface area (TPSA) is 50.8 Å². The first-order valence-electron chi connectivity index (χ1n) is 10.1. The van der Waals surface area contributed by atoms with Crippen molar-refractivity contribution in [2.45, 2.75) is 50.4 Å². The monoisotopic (exact) mass is 397 g/mol. The Morgan fingerprint density at radius 1 is 1.03 bits per heavy atom. The van der Waals surface area contributed by atoms with Gasteiger partial charge in [0.05, 0.1) is 19.8 Å². The van der Waals surface area contributed by atoms with Crippen LogP contribution in [0.25, 0.3) is 0 Å². The molecule has 5 nitrogen and oxygen atoms in total. The van der Waals surface area contributed by atoms with Crippen LogP contribution in [-0.4, -0.2) is 43.2 Å². The van der Waals surface area contributed by atoms with Gasteiger partial charge in [-0.1, -0.05) is 30.3 Å². The van der Waals surface area contributed by atoms with E-state index in [1.807, 2.05) is 6.07 Å². The van der Waals surface area contributed by atoms with E-state index >= 15 is 0 Å². The van der Waals surface area contributed by atoms with Crippen molar-refractivity contribution < 1.29 is 18.7 Å². The van der Waals surface area contributed by atoms with E-state index in [1.165, 1.54) is 31.9 Å². The first-order valence-corrected chi connectivity index (χ1v) is 10.1. The Kier molecular flexibility index (Phi) is 5.72. The third kappa shape index (κ3) is 3.94. The van der Waals surface area contributed by atoms with Crippen molar-refractivity contribution in [3.8, 4) is 11.5 Å². The molecule has 2 aliphatic rings. The highest BCUT2D eigenvalue weighted by Gasteiger charge is 2.41. The Bertz CT molecular complexity index is 860. The van der Waals surface area contributed by atoms with Crippen molar-refractivity contribution in [1.29, 1.82) is 0 Å². The van der Waals surface area contributed by atoms with Gasteiger partial charge in [0.25, 0.3) is 5.91 Å². The van der Waals surface area contributed by atoms with E-state index in [4.69, 9.17) is 9.47 Å². The van der Waals surface area contributed by atoms with E-state index in [9.17, 15) is 9.18 Å². The van der Waals surface area contributed by atoms with Gasteiger partial charge in [0.2, 0.25) is 0 Å². The van der Waals surface area contributed by atoms with E-state index in [0.717, 1.165) is 32.2 Å². The number of nitrogens with zero attached hydrogens (tertiary/aromatic N) is 1. The van der Waals surface area contributed by atoms with E-state index in [-0.39, 0.29) is 23.4 Å². The van der Waals surface area contributed by atoms with Crippen molar-refractivity contribution in [3.05, 3.63) is 59.4 Å². The van der Waals surface area contributed by atoms with Gasteiger partial charge in [-0.2, -0.15) is 0 Å². The molecular weight excluding hydrogens is 370 g/mol. The van der Waals surface area contributed by atoms with Crippen molar-refractivity contribution in [3.63, 3.8) is 0 Å². The normalized spacial score (nSPS) is 23.6. The summed E-state index contributed by atoms with van der Waals surface area (Å²) in [4.78, 5) is 15.5. The molecule has 2 atom stereocenters. The number of halogens is 1. The van der Waals surface area contributed by atoms with E-state index in [2.05, 4.69) is 34.5 Å². The smallest absolute Gasteiger partial charge is 0.255 e. The summed E-state index contributed by atoms with van der Waals surface area (Å²) in [6, 6.07) is 14.3. The predicted octanol–water partition coefficient (Wildman–Crippen LogP) is 3.77. The van der Waals surface area contributed by atoms with Crippen LogP contribution < -0.4 is 14.8 Å². The van der Waals surface area contributed by atoms with Gasteiger partial charge >= 0.3 is 0 Å². The second-order valence-electron chi connectivity index (χ2n) is 7.85. The fourth-order valence-electron chi connectivity index (χ4n) is 4.82. The number of amides is 1. The molecule has 2 aromatic carbocycles. The number of nitrogens with one attached hydrogen (secondary N) is 1. The van der Waals surface area contributed by atoms with Crippen molar-refractivity contribution in [2.24, 2.45) is 0 Å². The third-order valence-corrected chi connectivity index (χ3v) is 6.14. The molecular formula is C23H27FN2O3. The average molecular weight is 397 g/mol. The zero-order valence-corrected chi connectivity index (χ0v) is 16.9. The molecule has 6 heteroatoms. The van der Waals surface area contributed by atoms with Crippen molar-refractivity contribution in [1.82, 2.24) is 10.2 Å². The number of carbonyl (C=O) groups is 1. The summed E-state index contributed by atoms with van der Waals surface area (Å²) >= 11 is 0. The molecule has 1 amide bonds. The van der Waals surface area contributed by atoms with Crippen LogP contribution in [0.4, 0.5) is 4.39 Å². The number of ether oxygens (including phenoxy) is 2. The Morgan fingerprint density at radius 3 is 2.31 bits per heavy atom. The van der Waals surface area contributed by atoms with Gasteiger partial charge in [-0.25, -0.2) is 4.39 Å². The molecule has 2 saturated heterocycles. The second kappa shape index (κ2) is 8.41. The van der Waals surface area contributed by atoms with Crippen LogP contribution >= 0.6 is 0 Å². The lowest BCUT2D eigenvalue weighted by atomic mass is 9.96. The lowest BCUT2D eigenvalue weighted by Crippen LogP contribution is -2.50. The molecule has 2 aliphatic heterocycles. The number of fused-ring (bicyclic) bond motifs is 2. The molecule has 0 aliphatic carbocycles. The quantitative estimate of drug-likeness (QED) is 0.806. The molecule has 0 aromatic heterocycles. The minimum absolute atomic E-state index is 0.0436. The summed E-state index contributed by atoms with van der Waals surface area (Å²) in [6.45, 7) is 0.958. The SMILES string of the molecule is COc1c([18F])ccc(C(=O)NC2CC3CCC(C2)N3Cc2ccccc2)c1OC. The van der Waals surface area contributed by atoms with Gasteiger partial charge in [0, 0.05) is 24.7 Å². The van der Waals surface area contributed by atoms with Gasteiger partial charge in [-0.15, -0.1) is 0 Å². The predicted molar refractivity (Wildman–Crippen MR) is 109 cm³/mol. The number of hydrogen-bond acceptors (Lipinski definition) is 4. The van der Waals surface area contributed by atoms with Gasteiger partial charge < -0.3 is 14.8 Å². The van der Waals surface area contributed by atoms with E-state index in [0.29, 0.717) is 17.6 Å². The van der Waals surface area contributed by atoms with Crippen LogP contribution in [0.3, 0.4) is 0 Å². The third-order valence-electron chi connectivity index (χ3n) is 6.14. The number of hydrogen-bond donors (Lipinski definition) is 1.